The first-order chi connectivity index (χ1) is 14.3. The second-order valence-electron chi connectivity index (χ2n) is 8.32. The normalized spacial score (nSPS) is 16.8. The number of morpholine rings is 1. The fourth-order valence-electron chi connectivity index (χ4n) is 3.88. The summed E-state index contributed by atoms with van der Waals surface area (Å²) >= 11 is 6.05. The van der Waals surface area contributed by atoms with Gasteiger partial charge in [-0.15, -0.1) is 0 Å². The maximum Gasteiger partial charge on any atom is 0.306 e. The van der Waals surface area contributed by atoms with E-state index in [0.29, 0.717) is 18.1 Å². The zero-order valence-electron chi connectivity index (χ0n) is 18.2. The standard InChI is InChI=1S/C24H31ClN2O3/c1-5-17(15-23(28)29-4)18-6-11-22(27-12-13-30-24(2,3)16-27)21(14-18)26-20-9-7-19(25)8-10-20/h6-11,14,17,26H,5,12-13,15-16H2,1-4H3. The van der Waals surface area contributed by atoms with Gasteiger partial charge in [-0.2, -0.15) is 0 Å². The van der Waals surface area contributed by atoms with Crippen LogP contribution in [0.2, 0.25) is 5.02 Å². The number of carbonyl (C=O) groups excluding carboxylic acids is 1. The van der Waals surface area contributed by atoms with Gasteiger partial charge in [-0.05, 0) is 68.1 Å². The van der Waals surface area contributed by atoms with Crippen molar-refractivity contribution in [3.05, 3.63) is 53.1 Å². The third-order valence-corrected chi connectivity index (χ3v) is 5.77. The number of carbonyl (C=O) groups is 1. The maximum atomic E-state index is 11.9. The smallest absolute Gasteiger partial charge is 0.306 e. The van der Waals surface area contributed by atoms with Crippen molar-refractivity contribution in [1.82, 2.24) is 0 Å². The summed E-state index contributed by atoms with van der Waals surface area (Å²) < 4.78 is 10.8. The van der Waals surface area contributed by atoms with Crippen molar-refractivity contribution in [2.75, 3.05) is 37.0 Å². The number of hydrogen-bond acceptors (Lipinski definition) is 5. The van der Waals surface area contributed by atoms with E-state index in [9.17, 15) is 4.79 Å². The molecule has 3 rings (SSSR count). The minimum atomic E-state index is -0.203. The Morgan fingerprint density at radius 3 is 2.63 bits per heavy atom. The van der Waals surface area contributed by atoms with Gasteiger partial charge >= 0.3 is 5.97 Å². The molecule has 0 amide bonds. The molecule has 2 aromatic rings. The second kappa shape index (κ2) is 9.71. The highest BCUT2D eigenvalue weighted by molar-refractivity contribution is 6.30. The molecule has 5 nitrogen and oxygen atoms in total. The lowest BCUT2D eigenvalue weighted by Gasteiger charge is -2.40. The van der Waals surface area contributed by atoms with Crippen LogP contribution in [0.1, 0.15) is 45.1 Å². The summed E-state index contributed by atoms with van der Waals surface area (Å²) in [5.41, 5.74) is 4.02. The van der Waals surface area contributed by atoms with Crippen LogP contribution in [-0.2, 0) is 14.3 Å². The summed E-state index contributed by atoms with van der Waals surface area (Å²) in [5, 5.41) is 4.26. The van der Waals surface area contributed by atoms with Gasteiger partial charge in [0.2, 0.25) is 0 Å². The van der Waals surface area contributed by atoms with E-state index in [1.54, 1.807) is 0 Å². The lowest BCUT2D eigenvalue weighted by molar-refractivity contribution is -0.141. The van der Waals surface area contributed by atoms with Crippen LogP contribution in [0.4, 0.5) is 17.1 Å². The Balaban J connectivity index is 1.96. The molecule has 1 aliphatic heterocycles. The molecular weight excluding hydrogens is 400 g/mol. The van der Waals surface area contributed by atoms with Gasteiger partial charge in [0.25, 0.3) is 0 Å². The quantitative estimate of drug-likeness (QED) is 0.566. The van der Waals surface area contributed by atoms with Gasteiger partial charge in [0, 0.05) is 23.8 Å². The number of ether oxygens (including phenoxy) is 2. The van der Waals surface area contributed by atoms with Crippen LogP contribution in [0.15, 0.2) is 42.5 Å². The largest absolute Gasteiger partial charge is 0.469 e. The van der Waals surface area contributed by atoms with E-state index in [0.717, 1.165) is 42.1 Å². The number of benzene rings is 2. The van der Waals surface area contributed by atoms with E-state index >= 15 is 0 Å². The fraction of sp³-hybridized carbons (Fsp3) is 0.458. The van der Waals surface area contributed by atoms with Crippen molar-refractivity contribution in [3.8, 4) is 0 Å². The summed E-state index contributed by atoms with van der Waals surface area (Å²) in [4.78, 5) is 14.2. The first-order valence-electron chi connectivity index (χ1n) is 10.4. The molecule has 0 spiro atoms. The van der Waals surface area contributed by atoms with Crippen molar-refractivity contribution in [3.63, 3.8) is 0 Å². The molecule has 1 unspecified atom stereocenters. The minimum absolute atomic E-state index is 0.110. The predicted octanol–water partition coefficient (Wildman–Crippen LogP) is 5.76. The van der Waals surface area contributed by atoms with Gasteiger partial charge in [-0.3, -0.25) is 4.79 Å². The number of anilines is 3. The molecular formula is C24H31ClN2O3. The highest BCUT2D eigenvalue weighted by Crippen LogP contribution is 2.36. The third-order valence-electron chi connectivity index (χ3n) is 5.52. The van der Waals surface area contributed by atoms with Crippen LogP contribution >= 0.6 is 11.6 Å². The average Bonchev–Trinajstić information content (AvgIpc) is 2.72. The number of hydrogen-bond donors (Lipinski definition) is 1. The van der Waals surface area contributed by atoms with Crippen molar-refractivity contribution in [2.24, 2.45) is 0 Å². The number of rotatable bonds is 7. The number of halogens is 1. The maximum absolute atomic E-state index is 11.9. The van der Waals surface area contributed by atoms with Crippen molar-refractivity contribution in [1.29, 1.82) is 0 Å². The lowest BCUT2D eigenvalue weighted by Crippen LogP contribution is -2.48. The summed E-state index contributed by atoms with van der Waals surface area (Å²) in [6.07, 6.45) is 1.23. The van der Waals surface area contributed by atoms with E-state index < -0.39 is 0 Å². The Morgan fingerprint density at radius 2 is 2.00 bits per heavy atom. The van der Waals surface area contributed by atoms with Crippen molar-refractivity contribution in [2.45, 2.75) is 45.1 Å². The first-order valence-corrected chi connectivity index (χ1v) is 10.8. The second-order valence-corrected chi connectivity index (χ2v) is 8.76. The fourth-order valence-corrected chi connectivity index (χ4v) is 4.00. The topological polar surface area (TPSA) is 50.8 Å². The van der Waals surface area contributed by atoms with Gasteiger partial charge in [0.1, 0.15) is 0 Å². The summed E-state index contributed by atoms with van der Waals surface area (Å²) in [6.45, 7) is 8.65. The van der Waals surface area contributed by atoms with Gasteiger partial charge in [0.05, 0.1) is 37.1 Å². The number of esters is 1. The number of methoxy groups -OCH3 is 1. The molecule has 6 heteroatoms. The summed E-state index contributed by atoms with van der Waals surface area (Å²) in [5.74, 6) is -0.0773. The van der Waals surface area contributed by atoms with Crippen LogP contribution < -0.4 is 10.2 Å². The van der Waals surface area contributed by atoms with Crippen LogP contribution in [0, 0.1) is 0 Å². The molecule has 2 aromatic carbocycles. The molecule has 1 fully saturated rings. The van der Waals surface area contributed by atoms with E-state index in [1.165, 1.54) is 7.11 Å². The van der Waals surface area contributed by atoms with E-state index in [1.807, 2.05) is 24.3 Å². The Bertz CT molecular complexity index is 867. The zero-order chi connectivity index (χ0) is 21.7. The molecule has 1 atom stereocenters. The molecule has 30 heavy (non-hydrogen) atoms. The van der Waals surface area contributed by atoms with E-state index in [4.69, 9.17) is 21.1 Å². The molecule has 0 radical (unpaired) electrons. The number of nitrogens with one attached hydrogen (secondary N) is 1. The van der Waals surface area contributed by atoms with Crippen molar-refractivity contribution < 1.29 is 14.3 Å². The predicted molar refractivity (Wildman–Crippen MR) is 123 cm³/mol. The van der Waals surface area contributed by atoms with Gasteiger partial charge < -0.3 is 19.7 Å². The van der Waals surface area contributed by atoms with Crippen LogP contribution in [0.3, 0.4) is 0 Å². The highest BCUT2D eigenvalue weighted by atomic mass is 35.5. The number of nitrogens with zero attached hydrogens (tertiary/aromatic N) is 1. The van der Waals surface area contributed by atoms with Crippen molar-refractivity contribution >= 4 is 34.6 Å². The van der Waals surface area contributed by atoms with E-state index in [2.05, 4.69) is 49.2 Å². The molecule has 0 aromatic heterocycles. The van der Waals surface area contributed by atoms with Gasteiger partial charge in [-0.25, -0.2) is 0 Å². The average molecular weight is 431 g/mol. The molecule has 1 saturated heterocycles. The molecule has 1 N–H and O–H groups in total. The third kappa shape index (κ3) is 5.67. The molecule has 0 saturated carbocycles. The van der Waals surface area contributed by atoms with Gasteiger partial charge in [0.15, 0.2) is 0 Å². The molecule has 1 aliphatic rings. The Morgan fingerprint density at radius 1 is 1.27 bits per heavy atom. The van der Waals surface area contributed by atoms with Gasteiger partial charge in [-0.1, -0.05) is 24.6 Å². The minimum Gasteiger partial charge on any atom is -0.469 e. The van der Waals surface area contributed by atoms with Crippen LogP contribution in [0.5, 0.6) is 0 Å². The molecule has 0 bridgehead atoms. The monoisotopic (exact) mass is 430 g/mol. The molecule has 162 valence electrons. The summed E-state index contributed by atoms with van der Waals surface area (Å²) in [7, 11) is 1.44. The van der Waals surface area contributed by atoms with Crippen LogP contribution in [-0.4, -0.2) is 38.4 Å². The summed E-state index contributed by atoms with van der Waals surface area (Å²) in [6, 6.07) is 14.1. The van der Waals surface area contributed by atoms with Crippen LogP contribution in [0.25, 0.3) is 0 Å². The molecule has 0 aliphatic carbocycles. The Labute approximate surface area is 184 Å². The first kappa shape index (κ1) is 22.4. The zero-order valence-corrected chi connectivity index (χ0v) is 19.0. The highest BCUT2D eigenvalue weighted by Gasteiger charge is 2.29. The molecule has 1 heterocycles. The Kier molecular flexibility index (Phi) is 7.27. The van der Waals surface area contributed by atoms with E-state index in [-0.39, 0.29) is 17.5 Å². The lowest BCUT2D eigenvalue weighted by atomic mass is 9.92. The SMILES string of the molecule is CCC(CC(=O)OC)c1ccc(N2CCOC(C)(C)C2)c(Nc2ccc(Cl)cc2)c1. The Hall–Kier alpha value is -2.24.